The predicted octanol–water partition coefficient (Wildman–Crippen LogP) is 3.53. The van der Waals surface area contributed by atoms with Crippen LogP contribution in [-0.2, 0) is 6.54 Å². The quantitative estimate of drug-likeness (QED) is 0.366. The maximum atomic E-state index is 12.6. The maximum absolute atomic E-state index is 12.6. The zero-order valence-corrected chi connectivity index (χ0v) is 19.0. The van der Waals surface area contributed by atoms with Crippen molar-refractivity contribution in [2.45, 2.75) is 6.54 Å². The first-order valence-corrected chi connectivity index (χ1v) is 8.92. The first kappa shape index (κ1) is 23.2. The Morgan fingerprint density at radius 3 is 2.00 bits per heavy atom. The highest BCUT2D eigenvalue weighted by atomic mass is 79.9. The van der Waals surface area contributed by atoms with Crippen molar-refractivity contribution in [1.82, 2.24) is 4.98 Å². The minimum absolute atomic E-state index is 0. The van der Waals surface area contributed by atoms with Crippen molar-refractivity contribution < 1.29 is 28.3 Å². The van der Waals surface area contributed by atoms with Gasteiger partial charge >= 0.3 is 0 Å². The van der Waals surface area contributed by atoms with Crippen LogP contribution in [0, 0.1) is 0 Å². The fourth-order valence-corrected chi connectivity index (χ4v) is 2.91. The summed E-state index contributed by atoms with van der Waals surface area (Å²) in [5, 5.41) is 0. The average molecular weight is 476 g/mol. The summed E-state index contributed by atoms with van der Waals surface area (Å²) in [6.45, 7) is 0.161. The van der Waals surface area contributed by atoms with Crippen molar-refractivity contribution in [3.05, 3.63) is 60.6 Å². The Kier molecular flexibility index (Phi) is 8.17. The molecule has 1 aromatic heterocycles. The van der Waals surface area contributed by atoms with Crippen molar-refractivity contribution in [2.75, 3.05) is 28.4 Å². The van der Waals surface area contributed by atoms with Crippen LogP contribution in [0.3, 0.4) is 0 Å². The van der Waals surface area contributed by atoms with Crippen LogP contribution in [0.2, 0.25) is 0 Å². The van der Waals surface area contributed by atoms with Gasteiger partial charge in [-0.25, -0.2) is 4.57 Å². The van der Waals surface area contributed by atoms with Gasteiger partial charge in [0.1, 0.15) is 0 Å². The molecule has 0 fully saturated rings. The molecule has 0 atom stereocenters. The minimum Gasteiger partial charge on any atom is -0.493 e. The molecule has 0 spiro atoms. The highest BCUT2D eigenvalue weighted by Gasteiger charge is 2.15. The number of methoxy groups -OCH3 is 4. The van der Waals surface area contributed by atoms with E-state index in [9.17, 15) is 4.79 Å². The molecule has 3 aromatic rings. The van der Waals surface area contributed by atoms with Gasteiger partial charge in [-0.3, -0.25) is 4.79 Å². The number of ether oxygens (including phenoxy) is 4. The largest absolute Gasteiger partial charge is 0.493 e. The van der Waals surface area contributed by atoms with E-state index in [0.717, 1.165) is 11.3 Å². The topological polar surface area (TPSA) is 70.8 Å². The highest BCUT2D eigenvalue weighted by molar-refractivity contribution is 8.93. The Labute approximate surface area is 186 Å². The van der Waals surface area contributed by atoms with Crippen LogP contribution >= 0.6 is 17.0 Å². The van der Waals surface area contributed by atoms with E-state index in [4.69, 9.17) is 18.9 Å². The molecular weight excluding hydrogens is 452 g/mol. The molecule has 158 valence electrons. The number of nitrogens with zero attached hydrogens (tertiary/aromatic N) is 2. The molecule has 7 nitrogen and oxygen atoms in total. The second-order valence-electron chi connectivity index (χ2n) is 6.18. The molecule has 0 unspecified atom stereocenters. The molecule has 0 aliphatic heterocycles. The van der Waals surface area contributed by atoms with Crippen LogP contribution in [0.5, 0.6) is 23.0 Å². The maximum Gasteiger partial charge on any atom is 0.287 e. The third-order valence-electron chi connectivity index (χ3n) is 4.48. The number of hydrogen-bond acceptors (Lipinski definition) is 6. The molecule has 0 radical (unpaired) electrons. The smallest absolute Gasteiger partial charge is 0.287 e. The summed E-state index contributed by atoms with van der Waals surface area (Å²) in [5.74, 6) is 2.33. The fraction of sp³-hybridized carbons (Fsp3) is 0.227. The van der Waals surface area contributed by atoms with E-state index in [-0.39, 0.29) is 29.3 Å². The number of benzene rings is 2. The molecule has 8 heteroatoms. The Balaban J connectivity index is 0.00000320. The van der Waals surface area contributed by atoms with Gasteiger partial charge in [0.05, 0.1) is 34.6 Å². The first-order chi connectivity index (χ1) is 14.1. The van der Waals surface area contributed by atoms with Crippen LogP contribution in [-0.4, -0.2) is 39.2 Å². The third kappa shape index (κ3) is 5.07. The van der Waals surface area contributed by atoms with Gasteiger partial charge < -0.3 is 18.9 Å². The SMILES string of the molecule is Br.COc1ccc(C(=O)C[n+]2ccc(-c3ccc(OC)c(OC)c3)nc2)cc1OC. The summed E-state index contributed by atoms with van der Waals surface area (Å²) in [4.78, 5) is 17.1. The standard InChI is InChI=1S/C22H23N2O5.BrH/c1-26-19-7-5-15(11-21(19)28-3)17-9-10-24(14-23-17)13-18(25)16-6-8-20(27-2)22(12-16)29-4;/h5-12,14H,13H2,1-4H3;1H/q+1;. The van der Waals surface area contributed by atoms with Gasteiger partial charge in [0, 0.05) is 17.2 Å². The van der Waals surface area contributed by atoms with Crippen LogP contribution in [0.4, 0.5) is 0 Å². The molecular formula is C22H24BrN2O5+. The van der Waals surface area contributed by atoms with Crippen molar-refractivity contribution in [3.8, 4) is 34.3 Å². The minimum atomic E-state index is -0.0587. The van der Waals surface area contributed by atoms with Crippen LogP contribution < -0.4 is 23.5 Å². The Morgan fingerprint density at radius 2 is 1.43 bits per heavy atom. The van der Waals surface area contributed by atoms with E-state index in [1.807, 2.05) is 30.5 Å². The summed E-state index contributed by atoms with van der Waals surface area (Å²) in [6, 6.07) is 12.6. The molecule has 0 aliphatic rings. The number of hydrogen-bond donors (Lipinski definition) is 0. The third-order valence-corrected chi connectivity index (χ3v) is 4.48. The second kappa shape index (κ2) is 10.6. The van der Waals surface area contributed by atoms with Crippen molar-refractivity contribution in [3.63, 3.8) is 0 Å². The normalized spacial score (nSPS) is 10.0. The highest BCUT2D eigenvalue weighted by Crippen LogP contribution is 2.31. The van der Waals surface area contributed by atoms with Crippen molar-refractivity contribution in [2.24, 2.45) is 0 Å². The van der Waals surface area contributed by atoms with Gasteiger partial charge in [-0.15, -0.1) is 17.0 Å². The van der Waals surface area contributed by atoms with E-state index in [2.05, 4.69) is 4.98 Å². The number of ketones is 1. The van der Waals surface area contributed by atoms with E-state index < -0.39 is 0 Å². The lowest BCUT2D eigenvalue weighted by molar-refractivity contribution is -0.686. The molecule has 0 bridgehead atoms. The predicted molar refractivity (Wildman–Crippen MR) is 117 cm³/mol. The van der Waals surface area contributed by atoms with Crippen LogP contribution in [0.25, 0.3) is 11.3 Å². The molecule has 0 saturated carbocycles. The van der Waals surface area contributed by atoms with Gasteiger partial charge in [0.2, 0.25) is 5.78 Å². The van der Waals surface area contributed by atoms with Crippen LogP contribution in [0.1, 0.15) is 10.4 Å². The number of halogens is 1. The first-order valence-electron chi connectivity index (χ1n) is 8.92. The summed E-state index contributed by atoms with van der Waals surface area (Å²) in [5.41, 5.74) is 2.20. The van der Waals surface area contributed by atoms with E-state index >= 15 is 0 Å². The number of carbonyl (C=O) groups excluding carboxylic acids is 1. The number of carbonyl (C=O) groups is 1. The van der Waals surface area contributed by atoms with Crippen molar-refractivity contribution in [1.29, 1.82) is 0 Å². The number of aromatic nitrogens is 2. The van der Waals surface area contributed by atoms with Crippen molar-refractivity contribution >= 4 is 22.8 Å². The molecule has 30 heavy (non-hydrogen) atoms. The zero-order chi connectivity index (χ0) is 20.8. The van der Waals surface area contributed by atoms with Gasteiger partial charge in [-0.2, -0.15) is 0 Å². The van der Waals surface area contributed by atoms with Gasteiger partial charge in [-0.05, 0) is 41.4 Å². The van der Waals surface area contributed by atoms with E-state index in [0.29, 0.717) is 28.6 Å². The molecule has 0 aliphatic carbocycles. The molecule has 2 aromatic carbocycles. The number of rotatable bonds is 8. The lowest BCUT2D eigenvalue weighted by Gasteiger charge is -2.09. The van der Waals surface area contributed by atoms with Crippen LogP contribution in [0.15, 0.2) is 55.0 Å². The lowest BCUT2D eigenvalue weighted by Crippen LogP contribution is -2.37. The van der Waals surface area contributed by atoms with Gasteiger partial charge in [0.25, 0.3) is 6.33 Å². The van der Waals surface area contributed by atoms with E-state index in [1.54, 1.807) is 50.4 Å². The molecule has 0 N–H and O–H groups in total. The van der Waals surface area contributed by atoms with Gasteiger partial charge in [-0.1, -0.05) is 0 Å². The Morgan fingerprint density at radius 1 is 0.833 bits per heavy atom. The summed E-state index contributed by atoms with van der Waals surface area (Å²) >= 11 is 0. The van der Waals surface area contributed by atoms with Gasteiger partial charge in [0.15, 0.2) is 35.2 Å². The number of Topliss-reactive ketones (excluding diaryl/α,β-unsaturated/α-hetero) is 1. The monoisotopic (exact) mass is 475 g/mol. The summed E-state index contributed by atoms with van der Waals surface area (Å²) in [6.07, 6.45) is 3.45. The van der Waals surface area contributed by atoms with E-state index in [1.165, 1.54) is 7.11 Å². The molecule has 0 amide bonds. The molecule has 0 saturated heterocycles. The second-order valence-corrected chi connectivity index (χ2v) is 6.18. The Hall–Kier alpha value is -3.13. The average Bonchev–Trinajstić information content (AvgIpc) is 2.78. The fourth-order valence-electron chi connectivity index (χ4n) is 2.91. The summed E-state index contributed by atoms with van der Waals surface area (Å²) < 4.78 is 22.8. The zero-order valence-electron chi connectivity index (χ0n) is 17.2. The molecule has 3 rings (SSSR count). The molecule has 1 heterocycles. The lowest BCUT2D eigenvalue weighted by atomic mass is 10.1. The Bertz CT molecular complexity index is 1010. The summed E-state index contributed by atoms with van der Waals surface area (Å²) in [7, 11) is 6.28.